The van der Waals surface area contributed by atoms with Gasteiger partial charge in [0.25, 0.3) is 0 Å². The van der Waals surface area contributed by atoms with Crippen LogP contribution >= 0.6 is 0 Å². The number of rotatable bonds is 11. The van der Waals surface area contributed by atoms with Gasteiger partial charge in [0.2, 0.25) is 11.8 Å². The highest BCUT2D eigenvalue weighted by molar-refractivity contribution is 5.86. The number of carbonyl (C=O) groups excluding carboxylic acids is 2. The van der Waals surface area contributed by atoms with E-state index in [0.717, 1.165) is 12.8 Å². The van der Waals surface area contributed by atoms with Crippen molar-refractivity contribution in [2.75, 3.05) is 13.7 Å². The zero-order chi connectivity index (χ0) is 13.8. The molecule has 0 aliphatic carbocycles. The van der Waals surface area contributed by atoms with Crippen molar-refractivity contribution in [3.8, 4) is 0 Å². The number of nitrogens with two attached hydrogens (primary N) is 1. The van der Waals surface area contributed by atoms with Gasteiger partial charge < -0.3 is 15.8 Å². The van der Waals surface area contributed by atoms with Gasteiger partial charge in [-0.3, -0.25) is 9.59 Å². The Bertz CT molecular complexity index is 244. The molecule has 0 unspecified atom stereocenters. The standard InChI is InChI=1S/C13H26N2O3/c1-3-4-5-6-7-8-9-11(13(14)17)15-12(16)10-18-2/h11H,3-10H2,1-2H3,(H2,14,17)(H,15,16)/t11-/m1/s1. The van der Waals surface area contributed by atoms with E-state index in [9.17, 15) is 9.59 Å². The normalized spacial score (nSPS) is 12.1. The molecule has 0 saturated heterocycles. The first kappa shape index (κ1) is 16.9. The molecule has 0 spiro atoms. The van der Waals surface area contributed by atoms with E-state index < -0.39 is 11.9 Å². The molecule has 0 aromatic rings. The van der Waals surface area contributed by atoms with Gasteiger partial charge in [0.05, 0.1) is 0 Å². The fraction of sp³-hybridized carbons (Fsp3) is 0.846. The van der Waals surface area contributed by atoms with Gasteiger partial charge in [0.15, 0.2) is 0 Å². The van der Waals surface area contributed by atoms with Gasteiger partial charge in [-0.15, -0.1) is 0 Å². The number of amides is 2. The van der Waals surface area contributed by atoms with Crippen LogP contribution in [0.25, 0.3) is 0 Å². The Morgan fingerprint density at radius 3 is 2.33 bits per heavy atom. The van der Waals surface area contributed by atoms with Gasteiger partial charge in [-0.2, -0.15) is 0 Å². The molecular weight excluding hydrogens is 232 g/mol. The highest BCUT2D eigenvalue weighted by Gasteiger charge is 2.16. The van der Waals surface area contributed by atoms with Crippen LogP contribution in [0.3, 0.4) is 0 Å². The van der Waals surface area contributed by atoms with E-state index in [1.54, 1.807) is 0 Å². The van der Waals surface area contributed by atoms with Gasteiger partial charge in [-0.25, -0.2) is 0 Å². The van der Waals surface area contributed by atoms with Crippen LogP contribution in [0.5, 0.6) is 0 Å². The van der Waals surface area contributed by atoms with Crippen molar-refractivity contribution in [2.24, 2.45) is 5.73 Å². The lowest BCUT2D eigenvalue weighted by atomic mass is 10.1. The van der Waals surface area contributed by atoms with E-state index in [2.05, 4.69) is 12.2 Å². The van der Waals surface area contributed by atoms with Crippen LogP contribution in [-0.2, 0) is 14.3 Å². The minimum atomic E-state index is -0.571. The Balaban J connectivity index is 3.77. The van der Waals surface area contributed by atoms with E-state index in [0.29, 0.717) is 6.42 Å². The van der Waals surface area contributed by atoms with Crippen LogP contribution < -0.4 is 11.1 Å². The molecule has 0 saturated carbocycles. The number of unbranched alkanes of at least 4 members (excludes halogenated alkanes) is 5. The number of methoxy groups -OCH3 is 1. The van der Waals surface area contributed by atoms with Crippen molar-refractivity contribution in [2.45, 2.75) is 57.9 Å². The van der Waals surface area contributed by atoms with Gasteiger partial charge in [0, 0.05) is 7.11 Å². The fourth-order valence-corrected chi connectivity index (χ4v) is 1.78. The lowest BCUT2D eigenvalue weighted by Gasteiger charge is -2.15. The minimum absolute atomic E-state index is 0.0414. The predicted molar refractivity (Wildman–Crippen MR) is 71.0 cm³/mol. The largest absolute Gasteiger partial charge is 0.375 e. The number of hydrogen-bond acceptors (Lipinski definition) is 3. The molecule has 0 aromatic heterocycles. The molecule has 2 amide bonds. The zero-order valence-electron chi connectivity index (χ0n) is 11.5. The second-order valence-corrected chi connectivity index (χ2v) is 4.51. The molecule has 106 valence electrons. The first-order valence-electron chi connectivity index (χ1n) is 6.69. The van der Waals surface area contributed by atoms with Crippen molar-refractivity contribution in [1.82, 2.24) is 5.32 Å². The maximum absolute atomic E-state index is 11.3. The monoisotopic (exact) mass is 258 g/mol. The Kier molecular flexibility index (Phi) is 10.3. The van der Waals surface area contributed by atoms with Crippen LogP contribution in [0.2, 0.25) is 0 Å². The molecular formula is C13H26N2O3. The number of carbonyl (C=O) groups is 2. The summed E-state index contributed by atoms with van der Waals surface area (Å²) in [5.41, 5.74) is 5.25. The summed E-state index contributed by atoms with van der Waals surface area (Å²) in [6, 6.07) is -0.571. The third-order valence-corrected chi connectivity index (χ3v) is 2.80. The minimum Gasteiger partial charge on any atom is -0.375 e. The smallest absolute Gasteiger partial charge is 0.246 e. The van der Waals surface area contributed by atoms with E-state index in [1.165, 1.54) is 32.8 Å². The van der Waals surface area contributed by atoms with Gasteiger partial charge in [-0.05, 0) is 6.42 Å². The average molecular weight is 258 g/mol. The molecule has 0 aromatic carbocycles. The lowest BCUT2D eigenvalue weighted by molar-refractivity contribution is -0.129. The summed E-state index contributed by atoms with van der Waals surface area (Å²) in [5.74, 6) is -0.778. The Labute approximate surface area is 109 Å². The zero-order valence-corrected chi connectivity index (χ0v) is 11.5. The molecule has 5 heteroatoms. The molecule has 1 atom stereocenters. The molecule has 0 rings (SSSR count). The molecule has 0 aliphatic heterocycles. The third kappa shape index (κ3) is 8.98. The molecule has 0 radical (unpaired) electrons. The number of nitrogens with one attached hydrogen (secondary N) is 1. The van der Waals surface area contributed by atoms with Crippen molar-refractivity contribution in [3.63, 3.8) is 0 Å². The molecule has 0 aliphatic rings. The van der Waals surface area contributed by atoms with Crippen molar-refractivity contribution >= 4 is 11.8 Å². The molecule has 0 bridgehead atoms. The van der Waals surface area contributed by atoms with Crippen molar-refractivity contribution < 1.29 is 14.3 Å². The van der Waals surface area contributed by atoms with Gasteiger partial charge >= 0.3 is 0 Å². The fourth-order valence-electron chi connectivity index (χ4n) is 1.78. The highest BCUT2D eigenvalue weighted by atomic mass is 16.5. The van der Waals surface area contributed by atoms with Crippen molar-refractivity contribution in [3.05, 3.63) is 0 Å². The Morgan fingerprint density at radius 1 is 1.17 bits per heavy atom. The SMILES string of the molecule is CCCCCCCC[C@@H](NC(=O)COC)C(N)=O. The van der Waals surface area contributed by atoms with Crippen LogP contribution in [0.15, 0.2) is 0 Å². The maximum atomic E-state index is 11.3. The van der Waals surface area contributed by atoms with E-state index in [1.807, 2.05) is 0 Å². The van der Waals surface area contributed by atoms with Crippen LogP contribution in [-0.4, -0.2) is 31.6 Å². The highest BCUT2D eigenvalue weighted by Crippen LogP contribution is 2.08. The quantitative estimate of drug-likeness (QED) is 0.549. The first-order valence-corrected chi connectivity index (χ1v) is 6.69. The van der Waals surface area contributed by atoms with E-state index in [-0.39, 0.29) is 12.5 Å². The molecule has 3 N–H and O–H groups in total. The van der Waals surface area contributed by atoms with E-state index >= 15 is 0 Å². The lowest BCUT2D eigenvalue weighted by Crippen LogP contribution is -2.45. The predicted octanol–water partition coefficient (Wildman–Crippen LogP) is 1.35. The number of ether oxygens (including phenoxy) is 1. The Morgan fingerprint density at radius 2 is 1.78 bits per heavy atom. The Hall–Kier alpha value is -1.10. The summed E-state index contributed by atoms with van der Waals surface area (Å²) < 4.78 is 4.69. The maximum Gasteiger partial charge on any atom is 0.246 e. The second kappa shape index (κ2) is 11.0. The molecule has 0 heterocycles. The summed E-state index contributed by atoms with van der Waals surface area (Å²) in [4.78, 5) is 22.5. The summed E-state index contributed by atoms with van der Waals surface area (Å²) in [6.07, 6.45) is 7.46. The van der Waals surface area contributed by atoms with Crippen LogP contribution in [0.4, 0.5) is 0 Å². The summed E-state index contributed by atoms with van der Waals surface area (Å²) in [5, 5.41) is 2.58. The first-order chi connectivity index (χ1) is 8.61. The van der Waals surface area contributed by atoms with Gasteiger partial charge in [-0.1, -0.05) is 45.4 Å². The molecule has 18 heavy (non-hydrogen) atoms. The topological polar surface area (TPSA) is 81.4 Å². The third-order valence-electron chi connectivity index (χ3n) is 2.80. The van der Waals surface area contributed by atoms with Gasteiger partial charge in [0.1, 0.15) is 12.6 Å². The number of primary amides is 1. The molecule has 0 fully saturated rings. The summed E-state index contributed by atoms with van der Waals surface area (Å²) >= 11 is 0. The van der Waals surface area contributed by atoms with Crippen LogP contribution in [0.1, 0.15) is 51.9 Å². The number of hydrogen-bond donors (Lipinski definition) is 2. The average Bonchev–Trinajstić information content (AvgIpc) is 2.32. The molecule has 5 nitrogen and oxygen atoms in total. The summed E-state index contributed by atoms with van der Waals surface area (Å²) in [7, 11) is 1.44. The van der Waals surface area contributed by atoms with E-state index in [4.69, 9.17) is 10.5 Å². The van der Waals surface area contributed by atoms with Crippen molar-refractivity contribution in [1.29, 1.82) is 0 Å². The van der Waals surface area contributed by atoms with Crippen LogP contribution in [0, 0.1) is 0 Å². The second-order valence-electron chi connectivity index (χ2n) is 4.51. The summed E-state index contributed by atoms with van der Waals surface area (Å²) in [6.45, 7) is 2.13.